The van der Waals surface area contributed by atoms with Crippen LogP contribution in [-0.2, 0) is 0 Å². The Morgan fingerprint density at radius 3 is 2.60 bits per heavy atom. The molecule has 2 aromatic rings. The molecule has 0 bridgehead atoms. The summed E-state index contributed by atoms with van der Waals surface area (Å²) in [5.74, 6) is 0.507. The fourth-order valence-electron chi connectivity index (χ4n) is 1.84. The van der Waals surface area contributed by atoms with Gasteiger partial charge in [0, 0.05) is 23.3 Å². The summed E-state index contributed by atoms with van der Waals surface area (Å²) in [6.07, 6.45) is 0. The number of non-ortho nitro benzene ring substituents is 1. The molecule has 0 saturated heterocycles. The normalized spacial score (nSPS) is 10.1. The first-order valence-corrected chi connectivity index (χ1v) is 6.03. The predicted octanol–water partition coefficient (Wildman–Crippen LogP) is 3.65. The largest absolute Gasteiger partial charge is 0.496 e. The van der Waals surface area contributed by atoms with Gasteiger partial charge in [0.05, 0.1) is 12.0 Å². The number of ether oxygens (including phenoxy) is 1. The van der Waals surface area contributed by atoms with E-state index in [4.69, 9.17) is 16.3 Å². The number of carbonyl (C=O) groups excluding carboxylic acids is 1. The average molecular weight is 292 g/mol. The van der Waals surface area contributed by atoms with E-state index in [0.29, 0.717) is 22.4 Å². The van der Waals surface area contributed by atoms with Gasteiger partial charge >= 0.3 is 0 Å². The van der Waals surface area contributed by atoms with Gasteiger partial charge in [0.25, 0.3) is 10.9 Å². The second-order valence-corrected chi connectivity index (χ2v) is 4.34. The second kappa shape index (κ2) is 5.71. The first-order valence-electron chi connectivity index (χ1n) is 5.65. The van der Waals surface area contributed by atoms with Crippen LogP contribution < -0.4 is 4.74 Å². The van der Waals surface area contributed by atoms with Crippen molar-refractivity contribution < 1.29 is 14.5 Å². The summed E-state index contributed by atoms with van der Waals surface area (Å²) in [7, 11) is 1.48. The molecule has 0 aromatic heterocycles. The molecule has 0 spiro atoms. The maximum Gasteiger partial charge on any atom is 0.270 e. The fourth-order valence-corrected chi connectivity index (χ4v) is 1.96. The Morgan fingerprint density at radius 1 is 1.25 bits per heavy atom. The van der Waals surface area contributed by atoms with Crippen LogP contribution in [0.25, 0.3) is 11.1 Å². The van der Waals surface area contributed by atoms with Gasteiger partial charge in [0.2, 0.25) is 0 Å². The molecule has 5 nitrogen and oxygen atoms in total. The van der Waals surface area contributed by atoms with Crippen molar-refractivity contribution in [1.29, 1.82) is 0 Å². The molecule has 0 aliphatic rings. The van der Waals surface area contributed by atoms with E-state index in [0.717, 1.165) is 0 Å². The quantitative estimate of drug-likeness (QED) is 0.490. The number of hydrogen-bond acceptors (Lipinski definition) is 4. The molecule has 20 heavy (non-hydrogen) atoms. The summed E-state index contributed by atoms with van der Waals surface area (Å²) >= 11 is 5.45. The molecule has 0 aliphatic carbocycles. The average Bonchev–Trinajstić information content (AvgIpc) is 2.46. The van der Waals surface area contributed by atoms with Crippen molar-refractivity contribution in [2.75, 3.05) is 7.11 Å². The molecule has 0 radical (unpaired) electrons. The zero-order chi connectivity index (χ0) is 14.7. The lowest BCUT2D eigenvalue weighted by Gasteiger charge is -2.09. The molecular formula is C14H10ClNO4. The van der Waals surface area contributed by atoms with Gasteiger partial charge in [0.1, 0.15) is 5.75 Å². The number of carbonyl (C=O) groups is 1. The Bertz CT molecular complexity index is 685. The zero-order valence-corrected chi connectivity index (χ0v) is 11.3. The molecule has 2 aromatic carbocycles. The van der Waals surface area contributed by atoms with Crippen LogP contribution in [-0.4, -0.2) is 17.3 Å². The topological polar surface area (TPSA) is 69.4 Å². The Morgan fingerprint density at radius 2 is 2.00 bits per heavy atom. The zero-order valence-electron chi connectivity index (χ0n) is 10.5. The van der Waals surface area contributed by atoms with Gasteiger partial charge in [-0.05, 0) is 35.4 Å². The van der Waals surface area contributed by atoms with Crippen molar-refractivity contribution >= 4 is 22.5 Å². The van der Waals surface area contributed by atoms with E-state index in [2.05, 4.69) is 0 Å². The van der Waals surface area contributed by atoms with Crippen molar-refractivity contribution in [2.24, 2.45) is 0 Å². The number of nitro benzene ring substituents is 1. The number of methoxy groups -OCH3 is 1. The van der Waals surface area contributed by atoms with Gasteiger partial charge in [0.15, 0.2) is 0 Å². The SMILES string of the molecule is COc1ccc(C(=O)Cl)cc1-c1cccc([N+](=O)[O-])c1. The van der Waals surface area contributed by atoms with Crippen LogP contribution in [0.2, 0.25) is 0 Å². The van der Waals surface area contributed by atoms with Gasteiger partial charge in [-0.1, -0.05) is 12.1 Å². The minimum Gasteiger partial charge on any atom is -0.496 e. The van der Waals surface area contributed by atoms with Crippen LogP contribution in [0.15, 0.2) is 42.5 Å². The van der Waals surface area contributed by atoms with Gasteiger partial charge in [-0.2, -0.15) is 0 Å². The molecule has 0 N–H and O–H groups in total. The van der Waals surface area contributed by atoms with Crippen LogP contribution in [0, 0.1) is 10.1 Å². The maximum atomic E-state index is 11.2. The minimum atomic E-state index is -0.598. The Kier molecular flexibility index (Phi) is 4.00. The number of rotatable bonds is 4. The van der Waals surface area contributed by atoms with Crippen LogP contribution >= 0.6 is 11.6 Å². The number of halogens is 1. The highest BCUT2D eigenvalue weighted by atomic mass is 35.5. The van der Waals surface area contributed by atoms with E-state index >= 15 is 0 Å². The molecule has 0 amide bonds. The summed E-state index contributed by atoms with van der Waals surface area (Å²) in [6.45, 7) is 0. The smallest absolute Gasteiger partial charge is 0.270 e. The highest BCUT2D eigenvalue weighted by Crippen LogP contribution is 2.33. The van der Waals surface area contributed by atoms with E-state index in [-0.39, 0.29) is 5.69 Å². The third-order valence-electron chi connectivity index (χ3n) is 2.79. The van der Waals surface area contributed by atoms with Gasteiger partial charge in [-0.25, -0.2) is 0 Å². The lowest BCUT2D eigenvalue weighted by atomic mass is 10.0. The molecule has 0 unspecified atom stereocenters. The van der Waals surface area contributed by atoms with Gasteiger partial charge < -0.3 is 4.74 Å². The molecule has 0 aliphatic heterocycles. The third-order valence-corrected chi connectivity index (χ3v) is 3.01. The van der Waals surface area contributed by atoms with Crippen molar-refractivity contribution in [2.45, 2.75) is 0 Å². The van der Waals surface area contributed by atoms with Gasteiger partial charge in [-0.3, -0.25) is 14.9 Å². The Labute approximate surface area is 119 Å². The van der Waals surface area contributed by atoms with E-state index in [9.17, 15) is 14.9 Å². The summed E-state index contributed by atoms with van der Waals surface area (Å²) < 4.78 is 5.21. The molecule has 2 rings (SSSR count). The first-order chi connectivity index (χ1) is 9.52. The van der Waals surface area contributed by atoms with Crippen molar-refractivity contribution in [1.82, 2.24) is 0 Å². The lowest BCUT2D eigenvalue weighted by Crippen LogP contribution is -1.94. The molecule has 0 fully saturated rings. The minimum absolute atomic E-state index is 0.0350. The first kappa shape index (κ1) is 14.0. The highest BCUT2D eigenvalue weighted by Gasteiger charge is 2.13. The summed E-state index contributed by atoms with van der Waals surface area (Å²) in [4.78, 5) is 21.6. The monoisotopic (exact) mass is 291 g/mol. The Hall–Kier alpha value is -2.40. The number of nitrogens with zero attached hydrogens (tertiary/aromatic N) is 1. The van der Waals surface area contributed by atoms with Crippen molar-refractivity contribution in [3.8, 4) is 16.9 Å². The fraction of sp³-hybridized carbons (Fsp3) is 0.0714. The summed E-state index contributed by atoms with van der Waals surface area (Å²) in [5, 5.41) is 10.2. The van der Waals surface area contributed by atoms with Crippen LogP contribution in [0.5, 0.6) is 5.75 Å². The highest BCUT2D eigenvalue weighted by molar-refractivity contribution is 6.67. The number of benzene rings is 2. The Balaban J connectivity index is 2.60. The van der Waals surface area contributed by atoms with E-state index in [1.807, 2.05) is 0 Å². The second-order valence-electron chi connectivity index (χ2n) is 4.00. The molecule has 6 heteroatoms. The van der Waals surface area contributed by atoms with Crippen molar-refractivity contribution in [3.05, 3.63) is 58.1 Å². The van der Waals surface area contributed by atoms with Crippen LogP contribution in [0.3, 0.4) is 0 Å². The predicted molar refractivity (Wildman–Crippen MR) is 75.3 cm³/mol. The standard InChI is InChI=1S/C14H10ClNO4/c1-20-13-6-5-10(14(15)17)8-12(13)9-3-2-4-11(7-9)16(18)19/h2-8H,1H3. The molecule has 102 valence electrons. The maximum absolute atomic E-state index is 11.2. The van der Waals surface area contributed by atoms with E-state index < -0.39 is 10.2 Å². The molecule has 0 heterocycles. The number of hydrogen-bond donors (Lipinski definition) is 0. The summed E-state index contributed by atoms with van der Waals surface area (Å²) in [5.41, 5.74) is 1.42. The summed E-state index contributed by atoms with van der Waals surface area (Å²) in [6, 6.07) is 10.8. The number of nitro groups is 1. The van der Waals surface area contributed by atoms with Crippen molar-refractivity contribution in [3.63, 3.8) is 0 Å². The van der Waals surface area contributed by atoms with E-state index in [1.54, 1.807) is 24.3 Å². The van der Waals surface area contributed by atoms with E-state index in [1.165, 1.54) is 25.3 Å². The van der Waals surface area contributed by atoms with Crippen LogP contribution in [0.1, 0.15) is 10.4 Å². The molecule has 0 saturated carbocycles. The van der Waals surface area contributed by atoms with Gasteiger partial charge in [-0.15, -0.1) is 0 Å². The lowest BCUT2D eigenvalue weighted by molar-refractivity contribution is -0.384. The molecule has 0 atom stereocenters. The van der Waals surface area contributed by atoms with Crippen LogP contribution in [0.4, 0.5) is 5.69 Å². The molecular weight excluding hydrogens is 282 g/mol. The third kappa shape index (κ3) is 2.78.